The number of carbonyl (C=O) groups is 2. The van der Waals surface area contributed by atoms with Crippen LogP contribution < -0.4 is 16.0 Å². The first-order valence-electron chi connectivity index (χ1n) is 11.0. The van der Waals surface area contributed by atoms with Crippen molar-refractivity contribution < 1.29 is 14.3 Å². The Kier molecular flexibility index (Phi) is 7.42. The van der Waals surface area contributed by atoms with Crippen LogP contribution in [-0.4, -0.2) is 58.7 Å². The van der Waals surface area contributed by atoms with Crippen molar-refractivity contribution in [1.82, 2.24) is 19.9 Å². The van der Waals surface area contributed by atoms with Gasteiger partial charge in [0.25, 0.3) is 0 Å². The van der Waals surface area contributed by atoms with Gasteiger partial charge in [-0.25, -0.2) is 19.6 Å². The third-order valence-electron chi connectivity index (χ3n) is 5.62. The Balaban J connectivity index is 1.52. The van der Waals surface area contributed by atoms with Gasteiger partial charge in [0.2, 0.25) is 0 Å². The number of urea groups is 1. The van der Waals surface area contributed by atoms with Crippen molar-refractivity contribution in [3.63, 3.8) is 0 Å². The van der Waals surface area contributed by atoms with Gasteiger partial charge in [0, 0.05) is 37.3 Å². The van der Waals surface area contributed by atoms with E-state index in [0.29, 0.717) is 16.5 Å². The maximum Gasteiger partial charge on any atom is 0.404 e. The van der Waals surface area contributed by atoms with Crippen molar-refractivity contribution >= 4 is 35.1 Å². The Hall–Kier alpha value is -4.17. The molecular weight excluding hydrogens is 466 g/mol. The van der Waals surface area contributed by atoms with Crippen LogP contribution in [0.25, 0.3) is 11.3 Å². The second-order valence-corrected chi connectivity index (χ2v) is 8.77. The zero-order valence-electron chi connectivity index (χ0n) is 19.2. The van der Waals surface area contributed by atoms with Crippen LogP contribution >= 0.6 is 11.3 Å². The Morgan fingerprint density at radius 3 is 2.74 bits per heavy atom. The number of hydrogen-bond donors (Lipinski definition) is 2. The van der Waals surface area contributed by atoms with Gasteiger partial charge in [-0.15, -0.1) is 17.8 Å². The van der Waals surface area contributed by atoms with Crippen molar-refractivity contribution in [2.75, 3.05) is 37.0 Å². The zero-order valence-corrected chi connectivity index (χ0v) is 20.0. The molecule has 3 aromatic heterocycles. The van der Waals surface area contributed by atoms with E-state index in [4.69, 9.17) is 21.9 Å². The van der Waals surface area contributed by atoms with Gasteiger partial charge in [-0.2, -0.15) is 0 Å². The monoisotopic (exact) mass is 491 g/mol. The van der Waals surface area contributed by atoms with Crippen LogP contribution in [0, 0.1) is 12.3 Å². The summed E-state index contributed by atoms with van der Waals surface area (Å²) in [6, 6.07) is 8.42. The predicted octanol–water partition coefficient (Wildman–Crippen LogP) is 3.48. The van der Waals surface area contributed by atoms with Crippen LogP contribution in [0.15, 0.2) is 41.9 Å². The fourth-order valence-corrected chi connectivity index (χ4v) is 4.31. The number of nitrogens with two attached hydrogens (primary N) is 1. The zero-order chi connectivity index (χ0) is 24.8. The van der Waals surface area contributed by atoms with Gasteiger partial charge in [-0.3, -0.25) is 10.3 Å². The molecule has 35 heavy (non-hydrogen) atoms. The molecule has 10 nitrogen and oxygen atoms in total. The minimum Gasteiger partial charge on any atom is -0.447 e. The highest BCUT2D eigenvalue weighted by atomic mass is 32.1. The highest BCUT2D eigenvalue weighted by Crippen LogP contribution is 2.25. The Labute approximate surface area is 207 Å². The number of hydrogen-bond acceptors (Lipinski definition) is 8. The van der Waals surface area contributed by atoms with Gasteiger partial charge >= 0.3 is 12.1 Å². The SMILES string of the molecule is C#Cc1nc(NC(=O)N(C)[C@@H](COC(N)=O)c2ccc(-c3cccc(N4CCCC4)n3)cn2)cs1. The van der Waals surface area contributed by atoms with Gasteiger partial charge in [-0.05, 0) is 43.0 Å². The molecule has 3 aromatic rings. The highest BCUT2D eigenvalue weighted by molar-refractivity contribution is 7.10. The second kappa shape index (κ2) is 10.8. The van der Waals surface area contributed by atoms with Crippen LogP contribution in [0.1, 0.15) is 29.6 Å². The molecule has 0 aromatic carbocycles. The third-order valence-corrected chi connectivity index (χ3v) is 6.40. The van der Waals surface area contributed by atoms with Gasteiger partial charge in [0.05, 0.1) is 11.4 Å². The van der Waals surface area contributed by atoms with Gasteiger partial charge < -0.3 is 20.3 Å². The molecule has 0 spiro atoms. The van der Waals surface area contributed by atoms with Gasteiger partial charge in [0.1, 0.15) is 24.3 Å². The van der Waals surface area contributed by atoms with E-state index >= 15 is 0 Å². The van der Waals surface area contributed by atoms with E-state index in [0.717, 1.165) is 30.2 Å². The number of ether oxygens (including phenoxy) is 1. The molecule has 3 N–H and O–H groups in total. The smallest absolute Gasteiger partial charge is 0.404 e. The molecular formula is C24H25N7O3S. The average molecular weight is 492 g/mol. The van der Waals surface area contributed by atoms with E-state index < -0.39 is 18.2 Å². The van der Waals surface area contributed by atoms with E-state index in [1.165, 1.54) is 29.1 Å². The van der Waals surface area contributed by atoms with Crippen LogP contribution in [0.4, 0.5) is 21.2 Å². The molecule has 0 unspecified atom stereocenters. The number of primary amides is 1. The maximum absolute atomic E-state index is 12.8. The van der Waals surface area contributed by atoms with E-state index in [9.17, 15) is 9.59 Å². The lowest BCUT2D eigenvalue weighted by Gasteiger charge is -2.27. The van der Waals surface area contributed by atoms with E-state index in [1.807, 2.05) is 24.3 Å². The Bertz CT molecular complexity index is 1230. The second-order valence-electron chi connectivity index (χ2n) is 7.92. The number of anilines is 2. The summed E-state index contributed by atoms with van der Waals surface area (Å²) in [6.45, 7) is 1.85. The molecule has 4 rings (SSSR count). The molecule has 11 heteroatoms. The van der Waals surface area contributed by atoms with E-state index in [2.05, 4.69) is 26.1 Å². The standard InChI is InChI=1S/C24H25N7O3S/c1-3-22-28-20(15-35-22)29-24(33)30(2)19(14-34-23(25)32)18-10-9-16(13-26-18)17-7-6-8-21(27-17)31-11-4-5-12-31/h1,6-10,13,15,19H,4-5,11-12,14H2,2H3,(H2,25,32)(H,29,33)/t19-/m0/s1. The fraction of sp³-hybridized carbons (Fsp3) is 0.292. The molecule has 0 radical (unpaired) electrons. The Morgan fingerprint density at radius 1 is 1.29 bits per heavy atom. The largest absolute Gasteiger partial charge is 0.447 e. The summed E-state index contributed by atoms with van der Waals surface area (Å²) in [4.78, 5) is 41.2. The first-order valence-corrected chi connectivity index (χ1v) is 11.9. The quantitative estimate of drug-likeness (QED) is 0.485. The maximum atomic E-state index is 12.8. The number of terminal acetylenes is 1. The summed E-state index contributed by atoms with van der Waals surface area (Å²) >= 11 is 1.24. The molecule has 4 heterocycles. The molecule has 3 amide bonds. The molecule has 1 fully saturated rings. The topological polar surface area (TPSA) is 127 Å². The number of nitrogens with one attached hydrogen (secondary N) is 1. The van der Waals surface area contributed by atoms with Crippen molar-refractivity contribution in [3.8, 4) is 23.6 Å². The Morgan fingerprint density at radius 2 is 2.09 bits per heavy atom. The molecule has 0 saturated carbocycles. The van der Waals surface area contributed by atoms with Crippen molar-refractivity contribution in [2.45, 2.75) is 18.9 Å². The van der Waals surface area contributed by atoms with E-state index in [1.54, 1.807) is 24.7 Å². The van der Waals surface area contributed by atoms with Crippen molar-refractivity contribution in [2.24, 2.45) is 5.73 Å². The molecule has 1 aliphatic rings. The summed E-state index contributed by atoms with van der Waals surface area (Å²) in [7, 11) is 1.56. The van der Waals surface area contributed by atoms with E-state index in [-0.39, 0.29) is 6.61 Å². The van der Waals surface area contributed by atoms with Crippen LogP contribution in [0.3, 0.4) is 0 Å². The third kappa shape index (κ3) is 5.85. The number of carbonyl (C=O) groups excluding carboxylic acids is 2. The number of pyridine rings is 2. The first-order chi connectivity index (χ1) is 16.9. The van der Waals surface area contributed by atoms with Gasteiger partial charge in [-0.1, -0.05) is 6.07 Å². The summed E-state index contributed by atoms with van der Waals surface area (Å²) in [5.41, 5.74) is 7.32. The van der Waals surface area contributed by atoms with Crippen molar-refractivity contribution in [1.29, 1.82) is 0 Å². The lowest BCUT2D eigenvalue weighted by molar-refractivity contribution is 0.116. The van der Waals surface area contributed by atoms with Crippen molar-refractivity contribution in [3.05, 3.63) is 52.6 Å². The average Bonchev–Trinajstić information content (AvgIpc) is 3.57. The molecule has 1 atom stereocenters. The fourth-order valence-electron chi connectivity index (χ4n) is 3.75. The molecule has 180 valence electrons. The lowest BCUT2D eigenvalue weighted by atomic mass is 10.1. The minimum atomic E-state index is -0.943. The van der Waals surface area contributed by atoms with Crippen LogP contribution in [0.5, 0.6) is 0 Å². The normalized spacial score (nSPS) is 13.7. The first kappa shape index (κ1) is 24.0. The molecule has 0 bridgehead atoms. The number of rotatable bonds is 7. The minimum absolute atomic E-state index is 0.166. The summed E-state index contributed by atoms with van der Waals surface area (Å²) < 4.78 is 5.01. The predicted molar refractivity (Wildman–Crippen MR) is 134 cm³/mol. The number of thiazole rings is 1. The van der Waals surface area contributed by atoms with Crippen LogP contribution in [0.2, 0.25) is 0 Å². The lowest BCUT2D eigenvalue weighted by Crippen LogP contribution is -2.38. The molecule has 1 aliphatic heterocycles. The summed E-state index contributed by atoms with van der Waals surface area (Å²) in [5.74, 6) is 3.70. The van der Waals surface area contributed by atoms with Crippen LogP contribution in [-0.2, 0) is 4.74 Å². The highest BCUT2D eigenvalue weighted by Gasteiger charge is 2.25. The number of aromatic nitrogens is 3. The number of nitrogens with zero attached hydrogens (tertiary/aromatic N) is 5. The van der Waals surface area contributed by atoms with Gasteiger partial charge in [0.15, 0.2) is 5.01 Å². The molecule has 1 saturated heterocycles. The molecule has 0 aliphatic carbocycles. The number of amides is 3. The summed E-state index contributed by atoms with van der Waals surface area (Å²) in [5, 5.41) is 4.78. The summed E-state index contributed by atoms with van der Waals surface area (Å²) in [6.07, 6.45) is 8.43. The number of likely N-dealkylation sites (N-methyl/N-ethyl adjacent to an activating group) is 1.